The Balaban J connectivity index is 2.25. The van der Waals surface area contributed by atoms with Gasteiger partial charge in [-0.25, -0.2) is 0 Å². The van der Waals surface area contributed by atoms with Gasteiger partial charge in [0.25, 0.3) is 0 Å². The number of hydrogen-bond donors (Lipinski definition) is 2. The van der Waals surface area contributed by atoms with Crippen molar-refractivity contribution in [2.75, 3.05) is 11.4 Å². The van der Waals surface area contributed by atoms with Crippen LogP contribution >= 0.6 is 11.3 Å². The summed E-state index contributed by atoms with van der Waals surface area (Å²) in [7, 11) is 0. The number of rotatable bonds is 5. The molecule has 1 aromatic carbocycles. The monoisotopic (exact) mass is 289 g/mol. The zero-order valence-electron chi connectivity index (χ0n) is 11.7. The molecule has 106 valence electrons. The van der Waals surface area contributed by atoms with Gasteiger partial charge in [0.1, 0.15) is 0 Å². The minimum Gasteiger partial charge on any atom is -0.409 e. The Morgan fingerprint density at radius 1 is 1.40 bits per heavy atom. The molecule has 2 rings (SSSR count). The van der Waals surface area contributed by atoms with Crippen LogP contribution in [0.2, 0.25) is 0 Å². The molecule has 0 radical (unpaired) electrons. The summed E-state index contributed by atoms with van der Waals surface area (Å²) >= 11 is 1.76. The van der Waals surface area contributed by atoms with E-state index in [-0.39, 0.29) is 5.84 Å². The van der Waals surface area contributed by atoms with Crippen molar-refractivity contribution in [3.05, 3.63) is 51.7 Å². The van der Waals surface area contributed by atoms with Gasteiger partial charge in [-0.2, -0.15) is 0 Å². The van der Waals surface area contributed by atoms with Gasteiger partial charge in [0.15, 0.2) is 5.84 Å². The highest BCUT2D eigenvalue weighted by Gasteiger charge is 2.09. The van der Waals surface area contributed by atoms with E-state index in [0.717, 1.165) is 29.9 Å². The molecule has 0 aliphatic heterocycles. The molecule has 0 aliphatic rings. The standard InChI is InChI=1S/C15H19N3OS/c1-3-18(10-13-5-4-8-20-13)12-6-7-14(11(2)9-12)15(16)17-19/h4-9,19H,3,10H2,1-2H3,(H2,16,17). The second kappa shape index (κ2) is 6.43. The van der Waals surface area contributed by atoms with Crippen LogP contribution in [0.25, 0.3) is 0 Å². The quantitative estimate of drug-likeness (QED) is 0.384. The van der Waals surface area contributed by atoms with Crippen molar-refractivity contribution in [3.63, 3.8) is 0 Å². The van der Waals surface area contributed by atoms with E-state index in [9.17, 15) is 0 Å². The van der Waals surface area contributed by atoms with E-state index in [2.05, 4.69) is 40.6 Å². The fourth-order valence-electron chi connectivity index (χ4n) is 2.16. The molecule has 0 amide bonds. The number of amidine groups is 1. The SMILES string of the molecule is CCN(Cc1cccs1)c1ccc(/C(N)=N/O)c(C)c1. The summed E-state index contributed by atoms with van der Waals surface area (Å²) in [6.07, 6.45) is 0. The Kier molecular flexibility index (Phi) is 4.63. The number of oxime groups is 1. The molecule has 0 saturated heterocycles. The molecule has 2 aromatic rings. The maximum atomic E-state index is 8.76. The highest BCUT2D eigenvalue weighted by molar-refractivity contribution is 7.09. The summed E-state index contributed by atoms with van der Waals surface area (Å²) in [5.41, 5.74) is 8.57. The van der Waals surface area contributed by atoms with Crippen molar-refractivity contribution in [1.82, 2.24) is 0 Å². The van der Waals surface area contributed by atoms with Crippen LogP contribution in [-0.2, 0) is 6.54 Å². The largest absolute Gasteiger partial charge is 0.409 e. The first-order valence-corrected chi connectivity index (χ1v) is 7.39. The first-order chi connectivity index (χ1) is 9.65. The number of nitrogens with zero attached hydrogens (tertiary/aromatic N) is 2. The Morgan fingerprint density at radius 3 is 2.75 bits per heavy atom. The van der Waals surface area contributed by atoms with Crippen LogP contribution in [0.4, 0.5) is 5.69 Å². The van der Waals surface area contributed by atoms with Crippen LogP contribution in [0.5, 0.6) is 0 Å². The van der Waals surface area contributed by atoms with Crippen LogP contribution in [0.3, 0.4) is 0 Å². The van der Waals surface area contributed by atoms with Gasteiger partial charge in [0.05, 0.1) is 6.54 Å². The second-order valence-electron chi connectivity index (χ2n) is 4.58. The molecule has 0 unspecified atom stereocenters. The molecule has 1 aromatic heterocycles. The summed E-state index contributed by atoms with van der Waals surface area (Å²) in [6, 6.07) is 10.2. The molecular formula is C15H19N3OS. The van der Waals surface area contributed by atoms with Crippen molar-refractivity contribution in [2.24, 2.45) is 10.9 Å². The van der Waals surface area contributed by atoms with E-state index < -0.39 is 0 Å². The third kappa shape index (κ3) is 3.11. The van der Waals surface area contributed by atoms with E-state index >= 15 is 0 Å². The number of nitrogens with two attached hydrogens (primary N) is 1. The molecule has 0 saturated carbocycles. The lowest BCUT2D eigenvalue weighted by Crippen LogP contribution is -2.22. The predicted molar refractivity (Wildman–Crippen MR) is 84.7 cm³/mol. The third-order valence-corrected chi connectivity index (χ3v) is 4.13. The minimum absolute atomic E-state index is 0.148. The average molecular weight is 289 g/mol. The van der Waals surface area contributed by atoms with Crippen LogP contribution < -0.4 is 10.6 Å². The van der Waals surface area contributed by atoms with E-state index in [0.29, 0.717) is 0 Å². The fraction of sp³-hybridized carbons (Fsp3) is 0.267. The maximum absolute atomic E-state index is 8.76. The molecule has 0 bridgehead atoms. The molecule has 0 atom stereocenters. The topological polar surface area (TPSA) is 61.8 Å². The van der Waals surface area contributed by atoms with Gasteiger partial charge in [-0.3, -0.25) is 0 Å². The molecular weight excluding hydrogens is 270 g/mol. The Morgan fingerprint density at radius 2 is 2.20 bits per heavy atom. The number of anilines is 1. The van der Waals surface area contributed by atoms with Crippen molar-refractivity contribution < 1.29 is 5.21 Å². The lowest BCUT2D eigenvalue weighted by atomic mass is 10.1. The van der Waals surface area contributed by atoms with Crippen LogP contribution in [0.15, 0.2) is 40.9 Å². The Labute approximate surface area is 123 Å². The molecule has 3 N–H and O–H groups in total. The van der Waals surface area contributed by atoms with Crippen molar-refractivity contribution >= 4 is 22.9 Å². The van der Waals surface area contributed by atoms with Gasteiger partial charge in [0.2, 0.25) is 0 Å². The van der Waals surface area contributed by atoms with Crippen LogP contribution in [-0.4, -0.2) is 17.6 Å². The van der Waals surface area contributed by atoms with Crippen molar-refractivity contribution in [1.29, 1.82) is 0 Å². The summed E-state index contributed by atoms with van der Waals surface area (Å²) in [4.78, 5) is 3.64. The number of benzene rings is 1. The van der Waals surface area contributed by atoms with Gasteiger partial charge >= 0.3 is 0 Å². The highest BCUT2D eigenvalue weighted by Crippen LogP contribution is 2.22. The summed E-state index contributed by atoms with van der Waals surface area (Å²) in [5, 5.41) is 13.9. The molecule has 5 heteroatoms. The lowest BCUT2D eigenvalue weighted by molar-refractivity contribution is 0.318. The summed E-state index contributed by atoms with van der Waals surface area (Å²) in [6.45, 7) is 5.94. The molecule has 1 heterocycles. The van der Waals surface area contributed by atoms with E-state index in [1.165, 1.54) is 4.88 Å². The smallest absolute Gasteiger partial charge is 0.170 e. The summed E-state index contributed by atoms with van der Waals surface area (Å²) < 4.78 is 0. The van der Waals surface area contributed by atoms with Gasteiger partial charge in [0, 0.05) is 22.7 Å². The molecule has 0 aliphatic carbocycles. The van der Waals surface area contributed by atoms with E-state index in [4.69, 9.17) is 10.9 Å². The minimum atomic E-state index is 0.148. The lowest BCUT2D eigenvalue weighted by Gasteiger charge is -2.23. The fourth-order valence-corrected chi connectivity index (χ4v) is 2.88. The maximum Gasteiger partial charge on any atom is 0.170 e. The first-order valence-electron chi connectivity index (χ1n) is 6.51. The highest BCUT2D eigenvalue weighted by atomic mass is 32.1. The average Bonchev–Trinajstić information content (AvgIpc) is 2.96. The second-order valence-corrected chi connectivity index (χ2v) is 5.61. The summed E-state index contributed by atoms with van der Waals surface area (Å²) in [5.74, 6) is 0.148. The van der Waals surface area contributed by atoms with E-state index in [1.54, 1.807) is 11.3 Å². The predicted octanol–water partition coefficient (Wildman–Crippen LogP) is 3.18. The molecule has 20 heavy (non-hydrogen) atoms. The van der Waals surface area contributed by atoms with Gasteiger partial charge in [-0.1, -0.05) is 11.2 Å². The normalized spacial score (nSPS) is 11.6. The van der Waals surface area contributed by atoms with Gasteiger partial charge in [-0.05, 0) is 49.1 Å². The Bertz CT molecular complexity index is 593. The van der Waals surface area contributed by atoms with Crippen molar-refractivity contribution in [2.45, 2.75) is 20.4 Å². The Hall–Kier alpha value is -2.01. The molecule has 0 spiro atoms. The third-order valence-electron chi connectivity index (χ3n) is 3.27. The number of aryl methyl sites for hydroxylation is 1. The van der Waals surface area contributed by atoms with Gasteiger partial charge in [-0.15, -0.1) is 11.3 Å². The number of hydrogen-bond acceptors (Lipinski definition) is 4. The van der Waals surface area contributed by atoms with Crippen molar-refractivity contribution in [3.8, 4) is 0 Å². The van der Waals surface area contributed by atoms with Crippen LogP contribution in [0.1, 0.15) is 22.9 Å². The van der Waals surface area contributed by atoms with E-state index in [1.807, 2.05) is 19.1 Å². The molecule has 0 fully saturated rings. The zero-order chi connectivity index (χ0) is 14.5. The number of thiophene rings is 1. The first kappa shape index (κ1) is 14.4. The zero-order valence-corrected chi connectivity index (χ0v) is 12.5. The van der Waals surface area contributed by atoms with Gasteiger partial charge < -0.3 is 15.8 Å². The van der Waals surface area contributed by atoms with Crippen LogP contribution in [0, 0.1) is 6.92 Å². The molecule has 4 nitrogen and oxygen atoms in total.